The molecule has 0 saturated carbocycles. The fraction of sp³-hybridized carbons (Fsp3) is 0.321. The SMILES string of the molecule is CNc1ccc(-c2ccnc3[nH]c(CN4CCC(c5ccc(C(=O)N(C)C)cc5)CC4)cc23)cn1. The number of piperidine rings is 1. The minimum Gasteiger partial charge on any atom is -0.373 e. The van der Waals surface area contributed by atoms with Crippen LogP contribution in [0.1, 0.15) is 40.4 Å². The van der Waals surface area contributed by atoms with E-state index in [-0.39, 0.29) is 5.91 Å². The largest absolute Gasteiger partial charge is 0.373 e. The first kappa shape index (κ1) is 23.1. The standard InChI is InChI=1S/C28H32N6O/c1-29-26-9-8-22(17-31-26)24-10-13-30-27-25(24)16-23(32-27)18-34-14-11-20(12-15-34)19-4-6-21(7-5-19)28(35)33(2)3/h4-10,13,16-17,20H,11-12,14-15,18H2,1-3H3,(H,29,31)(H,30,32). The number of hydrogen-bond donors (Lipinski definition) is 2. The average Bonchev–Trinajstić information content (AvgIpc) is 3.31. The molecule has 5 rings (SSSR count). The predicted molar refractivity (Wildman–Crippen MR) is 141 cm³/mol. The summed E-state index contributed by atoms with van der Waals surface area (Å²) in [6, 6.07) is 16.5. The van der Waals surface area contributed by atoms with Crippen LogP contribution in [0.5, 0.6) is 0 Å². The van der Waals surface area contributed by atoms with Gasteiger partial charge in [-0.1, -0.05) is 12.1 Å². The molecule has 0 bridgehead atoms. The molecule has 1 aromatic carbocycles. The fourth-order valence-electron chi connectivity index (χ4n) is 4.94. The number of aromatic nitrogens is 3. The Labute approximate surface area is 206 Å². The van der Waals surface area contributed by atoms with E-state index >= 15 is 0 Å². The Bertz CT molecular complexity index is 1300. The zero-order chi connectivity index (χ0) is 24.4. The normalized spacial score (nSPS) is 14.8. The molecule has 180 valence electrons. The minimum atomic E-state index is 0.0496. The van der Waals surface area contributed by atoms with E-state index in [1.54, 1.807) is 19.0 Å². The average molecular weight is 469 g/mol. The number of rotatable bonds is 6. The lowest BCUT2D eigenvalue weighted by molar-refractivity contribution is 0.0827. The topological polar surface area (TPSA) is 77.2 Å². The Morgan fingerprint density at radius 2 is 1.86 bits per heavy atom. The van der Waals surface area contributed by atoms with E-state index in [2.05, 4.69) is 55.5 Å². The van der Waals surface area contributed by atoms with E-state index in [0.717, 1.165) is 66.0 Å². The lowest BCUT2D eigenvalue weighted by Gasteiger charge is -2.32. The predicted octanol–water partition coefficient (Wildman–Crippen LogP) is 4.75. The van der Waals surface area contributed by atoms with Crippen molar-refractivity contribution < 1.29 is 4.79 Å². The molecule has 1 saturated heterocycles. The highest BCUT2D eigenvalue weighted by molar-refractivity contribution is 5.94. The van der Waals surface area contributed by atoms with Gasteiger partial charge in [0.15, 0.2) is 0 Å². The summed E-state index contributed by atoms with van der Waals surface area (Å²) in [6.07, 6.45) is 6.00. The van der Waals surface area contributed by atoms with Crippen molar-refractivity contribution in [2.75, 3.05) is 39.5 Å². The van der Waals surface area contributed by atoms with E-state index in [0.29, 0.717) is 5.92 Å². The minimum absolute atomic E-state index is 0.0496. The van der Waals surface area contributed by atoms with Gasteiger partial charge in [-0.25, -0.2) is 9.97 Å². The molecule has 0 unspecified atom stereocenters. The summed E-state index contributed by atoms with van der Waals surface area (Å²) in [5.41, 5.74) is 6.40. The number of likely N-dealkylation sites (tertiary alicyclic amines) is 1. The second-order valence-electron chi connectivity index (χ2n) is 9.47. The maximum atomic E-state index is 12.1. The summed E-state index contributed by atoms with van der Waals surface area (Å²) >= 11 is 0. The molecule has 1 aliphatic rings. The first-order chi connectivity index (χ1) is 17.0. The first-order valence-corrected chi connectivity index (χ1v) is 12.2. The van der Waals surface area contributed by atoms with Crippen molar-refractivity contribution in [2.45, 2.75) is 25.3 Å². The van der Waals surface area contributed by atoms with Gasteiger partial charge < -0.3 is 15.2 Å². The molecule has 7 nitrogen and oxygen atoms in total. The Morgan fingerprint density at radius 1 is 1.09 bits per heavy atom. The van der Waals surface area contributed by atoms with Crippen LogP contribution in [0.4, 0.5) is 5.82 Å². The third kappa shape index (κ3) is 4.91. The van der Waals surface area contributed by atoms with Crippen molar-refractivity contribution in [2.24, 2.45) is 0 Å². The summed E-state index contributed by atoms with van der Waals surface area (Å²) < 4.78 is 0. The number of benzene rings is 1. The zero-order valence-electron chi connectivity index (χ0n) is 20.6. The number of hydrogen-bond acceptors (Lipinski definition) is 5. The molecule has 7 heteroatoms. The molecule has 1 fully saturated rings. The Kier molecular flexibility index (Phi) is 6.51. The van der Waals surface area contributed by atoms with Crippen LogP contribution < -0.4 is 5.32 Å². The van der Waals surface area contributed by atoms with Gasteiger partial charge >= 0.3 is 0 Å². The number of fused-ring (bicyclic) bond motifs is 1. The molecule has 0 spiro atoms. The molecule has 0 radical (unpaired) electrons. The number of amides is 1. The van der Waals surface area contributed by atoms with Gasteiger partial charge in [0.1, 0.15) is 11.5 Å². The van der Waals surface area contributed by atoms with Crippen LogP contribution in [-0.2, 0) is 6.54 Å². The van der Waals surface area contributed by atoms with Crippen molar-refractivity contribution in [1.29, 1.82) is 0 Å². The maximum absolute atomic E-state index is 12.1. The van der Waals surface area contributed by atoms with Gasteiger partial charge in [-0.15, -0.1) is 0 Å². The van der Waals surface area contributed by atoms with Crippen LogP contribution in [0.25, 0.3) is 22.2 Å². The summed E-state index contributed by atoms with van der Waals surface area (Å²) in [5.74, 6) is 1.45. The summed E-state index contributed by atoms with van der Waals surface area (Å²) in [7, 11) is 5.45. The van der Waals surface area contributed by atoms with E-state index < -0.39 is 0 Å². The fourth-order valence-corrected chi connectivity index (χ4v) is 4.94. The molecular formula is C28H32N6O. The van der Waals surface area contributed by atoms with Crippen LogP contribution in [0, 0.1) is 0 Å². The van der Waals surface area contributed by atoms with Gasteiger partial charge in [0, 0.05) is 62.3 Å². The monoisotopic (exact) mass is 468 g/mol. The van der Waals surface area contributed by atoms with Gasteiger partial charge in [-0.05, 0) is 79.4 Å². The number of carbonyl (C=O) groups excluding carboxylic acids is 1. The Morgan fingerprint density at radius 3 is 2.51 bits per heavy atom. The summed E-state index contributed by atoms with van der Waals surface area (Å²) in [6.45, 7) is 2.98. The number of pyridine rings is 2. The second-order valence-corrected chi connectivity index (χ2v) is 9.47. The molecule has 4 heterocycles. The maximum Gasteiger partial charge on any atom is 0.253 e. The van der Waals surface area contributed by atoms with Crippen LogP contribution in [0.3, 0.4) is 0 Å². The van der Waals surface area contributed by atoms with E-state index in [9.17, 15) is 4.79 Å². The number of nitrogens with zero attached hydrogens (tertiary/aromatic N) is 4. The van der Waals surface area contributed by atoms with Crippen molar-refractivity contribution in [3.05, 3.63) is 77.7 Å². The quantitative estimate of drug-likeness (QED) is 0.427. The van der Waals surface area contributed by atoms with Crippen LogP contribution >= 0.6 is 0 Å². The van der Waals surface area contributed by atoms with Crippen molar-refractivity contribution in [3.8, 4) is 11.1 Å². The Balaban J connectivity index is 1.24. The van der Waals surface area contributed by atoms with E-state index in [4.69, 9.17) is 0 Å². The highest BCUT2D eigenvalue weighted by Crippen LogP contribution is 2.31. The number of aromatic amines is 1. The molecule has 35 heavy (non-hydrogen) atoms. The molecule has 1 aliphatic heterocycles. The van der Waals surface area contributed by atoms with Gasteiger partial charge in [-0.3, -0.25) is 9.69 Å². The smallest absolute Gasteiger partial charge is 0.253 e. The van der Waals surface area contributed by atoms with Crippen LogP contribution in [-0.4, -0.2) is 64.9 Å². The number of anilines is 1. The van der Waals surface area contributed by atoms with Crippen LogP contribution in [0.15, 0.2) is 60.9 Å². The van der Waals surface area contributed by atoms with E-state index in [1.807, 2.05) is 37.6 Å². The highest BCUT2D eigenvalue weighted by Gasteiger charge is 2.22. The lowest BCUT2D eigenvalue weighted by atomic mass is 9.89. The van der Waals surface area contributed by atoms with Gasteiger partial charge in [0.25, 0.3) is 5.91 Å². The zero-order valence-corrected chi connectivity index (χ0v) is 20.6. The molecule has 2 N–H and O–H groups in total. The Hall–Kier alpha value is -3.71. The number of H-pyrrole nitrogens is 1. The molecule has 4 aromatic rings. The molecular weight excluding hydrogens is 436 g/mol. The van der Waals surface area contributed by atoms with Gasteiger partial charge in [0.2, 0.25) is 0 Å². The molecule has 3 aromatic heterocycles. The molecule has 0 atom stereocenters. The highest BCUT2D eigenvalue weighted by atomic mass is 16.2. The van der Waals surface area contributed by atoms with Crippen molar-refractivity contribution in [3.63, 3.8) is 0 Å². The number of nitrogens with one attached hydrogen (secondary N) is 2. The third-order valence-electron chi connectivity index (χ3n) is 6.94. The molecule has 0 aliphatic carbocycles. The van der Waals surface area contributed by atoms with E-state index in [1.165, 1.54) is 11.3 Å². The number of carbonyl (C=O) groups is 1. The van der Waals surface area contributed by atoms with Crippen molar-refractivity contribution >= 4 is 22.8 Å². The third-order valence-corrected chi connectivity index (χ3v) is 6.94. The lowest BCUT2D eigenvalue weighted by Crippen LogP contribution is -2.32. The summed E-state index contributed by atoms with van der Waals surface area (Å²) in [4.78, 5) is 28.8. The first-order valence-electron chi connectivity index (χ1n) is 12.2. The molecule has 1 amide bonds. The second kappa shape index (κ2) is 9.88. The van der Waals surface area contributed by atoms with Crippen LogP contribution in [0.2, 0.25) is 0 Å². The van der Waals surface area contributed by atoms with Gasteiger partial charge in [-0.2, -0.15) is 0 Å². The van der Waals surface area contributed by atoms with Crippen molar-refractivity contribution in [1.82, 2.24) is 24.8 Å². The summed E-state index contributed by atoms with van der Waals surface area (Å²) in [5, 5.41) is 4.19. The van der Waals surface area contributed by atoms with Gasteiger partial charge in [0.05, 0.1) is 0 Å².